The van der Waals surface area contributed by atoms with Crippen molar-refractivity contribution in [1.82, 2.24) is 5.32 Å². The molecule has 0 amide bonds. The summed E-state index contributed by atoms with van der Waals surface area (Å²) in [5.41, 5.74) is 0.731. The molecule has 0 atom stereocenters. The second kappa shape index (κ2) is 6.93. The molecule has 2 nitrogen and oxygen atoms in total. The Morgan fingerprint density at radius 1 is 1.40 bits per heavy atom. The van der Waals surface area contributed by atoms with E-state index in [1.807, 2.05) is 6.07 Å². The standard InChI is InChI=1S/C11H15BrFNO/c1-15-7-6-14-5-4-9-8-10(12)2-3-11(9)13/h2-3,8,14H,4-7H2,1H3. The lowest BCUT2D eigenvalue weighted by molar-refractivity contribution is 0.199. The SMILES string of the molecule is COCCNCCc1cc(Br)ccc1F. The second-order valence-electron chi connectivity index (χ2n) is 3.23. The minimum atomic E-state index is -0.147. The maximum atomic E-state index is 13.3. The molecule has 1 aromatic carbocycles. The number of benzene rings is 1. The van der Waals surface area contributed by atoms with Crippen molar-refractivity contribution in [1.29, 1.82) is 0 Å². The molecule has 1 N–H and O–H groups in total. The first-order chi connectivity index (χ1) is 7.24. The van der Waals surface area contributed by atoms with Crippen molar-refractivity contribution in [3.8, 4) is 0 Å². The van der Waals surface area contributed by atoms with Crippen LogP contribution in [0.3, 0.4) is 0 Å². The van der Waals surface area contributed by atoms with Gasteiger partial charge in [0.2, 0.25) is 0 Å². The van der Waals surface area contributed by atoms with Crippen molar-refractivity contribution in [2.45, 2.75) is 6.42 Å². The lowest BCUT2D eigenvalue weighted by atomic mass is 10.1. The zero-order valence-corrected chi connectivity index (χ0v) is 10.3. The number of ether oxygens (including phenoxy) is 1. The first-order valence-corrected chi connectivity index (χ1v) is 5.67. The summed E-state index contributed by atoms with van der Waals surface area (Å²) in [6.07, 6.45) is 0.689. The summed E-state index contributed by atoms with van der Waals surface area (Å²) in [5, 5.41) is 3.17. The van der Waals surface area contributed by atoms with Crippen LogP contribution in [0.25, 0.3) is 0 Å². The van der Waals surface area contributed by atoms with Gasteiger partial charge in [-0.3, -0.25) is 0 Å². The average Bonchev–Trinajstić information content (AvgIpc) is 2.23. The number of rotatable bonds is 6. The van der Waals surface area contributed by atoms with Crippen LogP contribution in [0.5, 0.6) is 0 Å². The summed E-state index contributed by atoms with van der Waals surface area (Å²) in [6, 6.07) is 5.00. The minimum Gasteiger partial charge on any atom is -0.383 e. The lowest BCUT2D eigenvalue weighted by Gasteiger charge is -2.05. The van der Waals surface area contributed by atoms with Gasteiger partial charge in [-0.05, 0) is 36.7 Å². The van der Waals surface area contributed by atoms with Gasteiger partial charge in [0.05, 0.1) is 6.61 Å². The van der Waals surface area contributed by atoms with Crippen molar-refractivity contribution >= 4 is 15.9 Å². The van der Waals surface area contributed by atoms with Crippen LogP contribution in [0, 0.1) is 5.82 Å². The van der Waals surface area contributed by atoms with Gasteiger partial charge in [-0.25, -0.2) is 4.39 Å². The number of hydrogen-bond donors (Lipinski definition) is 1. The third-order valence-corrected chi connectivity index (χ3v) is 2.56. The first kappa shape index (κ1) is 12.6. The molecule has 1 rings (SSSR count). The molecule has 0 saturated carbocycles. The predicted octanol–water partition coefficient (Wildman–Crippen LogP) is 2.37. The van der Waals surface area contributed by atoms with E-state index >= 15 is 0 Å². The van der Waals surface area contributed by atoms with E-state index < -0.39 is 0 Å². The van der Waals surface area contributed by atoms with E-state index in [-0.39, 0.29) is 5.82 Å². The highest BCUT2D eigenvalue weighted by Gasteiger charge is 2.01. The number of methoxy groups -OCH3 is 1. The van der Waals surface area contributed by atoms with Gasteiger partial charge in [0.1, 0.15) is 5.82 Å². The summed E-state index contributed by atoms with van der Waals surface area (Å²) in [7, 11) is 1.66. The van der Waals surface area contributed by atoms with Gasteiger partial charge in [-0.1, -0.05) is 15.9 Å². The molecule has 0 fully saturated rings. The number of nitrogens with one attached hydrogen (secondary N) is 1. The first-order valence-electron chi connectivity index (χ1n) is 4.87. The predicted molar refractivity (Wildman–Crippen MR) is 62.5 cm³/mol. The van der Waals surface area contributed by atoms with Crippen molar-refractivity contribution < 1.29 is 9.13 Å². The van der Waals surface area contributed by atoms with Gasteiger partial charge in [-0.15, -0.1) is 0 Å². The smallest absolute Gasteiger partial charge is 0.126 e. The zero-order chi connectivity index (χ0) is 11.1. The van der Waals surface area contributed by atoms with E-state index in [0.717, 1.165) is 23.1 Å². The monoisotopic (exact) mass is 275 g/mol. The largest absolute Gasteiger partial charge is 0.383 e. The van der Waals surface area contributed by atoms with Gasteiger partial charge in [0, 0.05) is 18.1 Å². The molecule has 0 unspecified atom stereocenters. The second-order valence-corrected chi connectivity index (χ2v) is 4.14. The molecule has 0 radical (unpaired) electrons. The van der Waals surface area contributed by atoms with E-state index in [1.165, 1.54) is 6.07 Å². The Balaban J connectivity index is 2.33. The molecule has 0 aliphatic carbocycles. The summed E-state index contributed by atoms with van der Waals surface area (Å²) in [6.45, 7) is 2.24. The Morgan fingerprint density at radius 3 is 2.93 bits per heavy atom. The van der Waals surface area contributed by atoms with Crippen LogP contribution in [0.4, 0.5) is 4.39 Å². The normalized spacial score (nSPS) is 10.6. The van der Waals surface area contributed by atoms with Crippen LogP contribution >= 0.6 is 15.9 Å². The maximum absolute atomic E-state index is 13.3. The molecule has 1 aromatic rings. The molecule has 15 heavy (non-hydrogen) atoms. The van der Waals surface area contributed by atoms with Crippen LogP contribution in [-0.4, -0.2) is 26.8 Å². The highest BCUT2D eigenvalue weighted by Crippen LogP contribution is 2.15. The topological polar surface area (TPSA) is 21.3 Å². The van der Waals surface area contributed by atoms with Gasteiger partial charge in [0.15, 0.2) is 0 Å². The Hall–Kier alpha value is -0.450. The van der Waals surface area contributed by atoms with Crippen molar-refractivity contribution in [2.24, 2.45) is 0 Å². The molecule has 0 aliphatic heterocycles. The van der Waals surface area contributed by atoms with Gasteiger partial charge in [-0.2, -0.15) is 0 Å². The molecule has 0 spiro atoms. The van der Waals surface area contributed by atoms with Crippen molar-refractivity contribution in [3.63, 3.8) is 0 Å². The fourth-order valence-corrected chi connectivity index (χ4v) is 1.67. The summed E-state index contributed by atoms with van der Waals surface area (Å²) >= 11 is 3.32. The molecule has 4 heteroatoms. The van der Waals surface area contributed by atoms with Gasteiger partial charge in [0.25, 0.3) is 0 Å². The molecule has 0 bridgehead atoms. The van der Waals surface area contributed by atoms with Gasteiger partial charge < -0.3 is 10.1 Å². The quantitative estimate of drug-likeness (QED) is 0.805. The van der Waals surface area contributed by atoms with Crippen LogP contribution in [0.2, 0.25) is 0 Å². The lowest BCUT2D eigenvalue weighted by Crippen LogP contribution is -2.22. The van der Waals surface area contributed by atoms with Gasteiger partial charge >= 0.3 is 0 Å². The zero-order valence-electron chi connectivity index (χ0n) is 8.72. The Kier molecular flexibility index (Phi) is 5.83. The average molecular weight is 276 g/mol. The molecule has 0 aliphatic rings. The minimum absolute atomic E-state index is 0.147. The fraction of sp³-hybridized carbons (Fsp3) is 0.455. The fourth-order valence-electron chi connectivity index (χ4n) is 1.26. The van der Waals surface area contributed by atoms with E-state index in [4.69, 9.17) is 4.74 Å². The van der Waals surface area contributed by atoms with Crippen LogP contribution in [0.1, 0.15) is 5.56 Å². The van der Waals surface area contributed by atoms with E-state index in [9.17, 15) is 4.39 Å². The van der Waals surface area contributed by atoms with E-state index in [0.29, 0.717) is 13.0 Å². The Bertz CT molecular complexity index is 307. The Morgan fingerprint density at radius 2 is 2.20 bits per heavy atom. The molecule has 0 aromatic heterocycles. The third kappa shape index (κ3) is 4.73. The Labute approximate surface area is 98.0 Å². The van der Waals surface area contributed by atoms with E-state index in [2.05, 4.69) is 21.2 Å². The molecular weight excluding hydrogens is 261 g/mol. The molecule has 84 valence electrons. The molecule has 0 saturated heterocycles. The summed E-state index contributed by atoms with van der Waals surface area (Å²) < 4.78 is 19.1. The number of halogens is 2. The van der Waals surface area contributed by atoms with Crippen LogP contribution in [0.15, 0.2) is 22.7 Å². The van der Waals surface area contributed by atoms with Crippen LogP contribution in [-0.2, 0) is 11.2 Å². The highest BCUT2D eigenvalue weighted by molar-refractivity contribution is 9.10. The van der Waals surface area contributed by atoms with Crippen LogP contribution < -0.4 is 5.32 Å². The molecular formula is C11H15BrFNO. The maximum Gasteiger partial charge on any atom is 0.126 e. The van der Waals surface area contributed by atoms with Crippen molar-refractivity contribution in [3.05, 3.63) is 34.1 Å². The summed E-state index contributed by atoms with van der Waals surface area (Å²) in [4.78, 5) is 0. The summed E-state index contributed by atoms with van der Waals surface area (Å²) in [5.74, 6) is -0.147. The number of hydrogen-bond acceptors (Lipinski definition) is 2. The third-order valence-electron chi connectivity index (χ3n) is 2.06. The van der Waals surface area contributed by atoms with E-state index in [1.54, 1.807) is 13.2 Å². The van der Waals surface area contributed by atoms with Crippen molar-refractivity contribution in [2.75, 3.05) is 26.8 Å². The highest BCUT2D eigenvalue weighted by atomic mass is 79.9. The molecule has 0 heterocycles.